The highest BCUT2D eigenvalue weighted by atomic mass is 32.2. The lowest BCUT2D eigenvalue weighted by Crippen LogP contribution is -1.92. The number of nitrogens with zero attached hydrogens (tertiary/aromatic N) is 3. The van der Waals surface area contributed by atoms with Gasteiger partial charge in [0.1, 0.15) is 5.01 Å². The predicted molar refractivity (Wildman–Crippen MR) is 103 cm³/mol. The topological polar surface area (TPSA) is 70.3 Å². The van der Waals surface area contributed by atoms with Crippen molar-refractivity contribution in [1.29, 1.82) is 0 Å². The van der Waals surface area contributed by atoms with E-state index in [1.54, 1.807) is 11.3 Å². The van der Waals surface area contributed by atoms with Crippen LogP contribution < -0.4 is 9.47 Å². The third-order valence-electron chi connectivity index (χ3n) is 3.94. The van der Waals surface area contributed by atoms with E-state index >= 15 is 0 Å². The van der Waals surface area contributed by atoms with E-state index in [9.17, 15) is 0 Å². The summed E-state index contributed by atoms with van der Waals surface area (Å²) in [7, 11) is 0. The molecule has 0 fully saturated rings. The molecule has 5 rings (SSSR count). The number of rotatable bonds is 5. The molecule has 2 aromatic heterocycles. The number of aromatic nitrogens is 3. The van der Waals surface area contributed by atoms with Gasteiger partial charge in [0.25, 0.3) is 5.22 Å². The Labute approximate surface area is 163 Å². The minimum Gasteiger partial charge on any atom is -0.454 e. The van der Waals surface area contributed by atoms with Crippen LogP contribution in [0.5, 0.6) is 11.5 Å². The number of thiazole rings is 1. The van der Waals surface area contributed by atoms with Gasteiger partial charge in [-0.25, -0.2) is 4.98 Å². The van der Waals surface area contributed by atoms with Crippen molar-refractivity contribution in [2.24, 2.45) is 0 Å². The lowest BCUT2D eigenvalue weighted by Gasteiger charge is -1.98. The highest BCUT2D eigenvalue weighted by molar-refractivity contribution is 7.98. The molecule has 1 aliphatic rings. The quantitative estimate of drug-likeness (QED) is 0.446. The van der Waals surface area contributed by atoms with Gasteiger partial charge in [-0.2, -0.15) is 0 Å². The molecule has 0 saturated carbocycles. The van der Waals surface area contributed by atoms with E-state index in [2.05, 4.69) is 32.7 Å². The second kappa shape index (κ2) is 7.05. The Morgan fingerprint density at radius 2 is 1.85 bits per heavy atom. The van der Waals surface area contributed by atoms with Crippen LogP contribution in [0.1, 0.15) is 5.69 Å². The molecule has 3 heterocycles. The first-order valence-electron chi connectivity index (χ1n) is 8.21. The van der Waals surface area contributed by atoms with E-state index in [4.69, 9.17) is 13.9 Å². The van der Waals surface area contributed by atoms with Gasteiger partial charge in [-0.15, -0.1) is 21.5 Å². The van der Waals surface area contributed by atoms with Crippen molar-refractivity contribution >= 4 is 23.1 Å². The fourth-order valence-corrected chi connectivity index (χ4v) is 4.22. The number of ether oxygens (including phenoxy) is 2. The second-order valence-corrected chi connectivity index (χ2v) is 7.52. The molecule has 6 nitrogen and oxygen atoms in total. The maximum atomic E-state index is 5.76. The molecular formula is C19H13N3O3S2. The van der Waals surface area contributed by atoms with Crippen molar-refractivity contribution in [3.8, 4) is 33.5 Å². The summed E-state index contributed by atoms with van der Waals surface area (Å²) < 4.78 is 16.5. The van der Waals surface area contributed by atoms with Crippen LogP contribution in [0.15, 0.2) is 63.6 Å². The minimum atomic E-state index is 0.238. The van der Waals surface area contributed by atoms with Gasteiger partial charge in [0.05, 0.1) is 5.69 Å². The molecule has 134 valence electrons. The van der Waals surface area contributed by atoms with E-state index in [0.717, 1.165) is 27.6 Å². The van der Waals surface area contributed by atoms with Crippen molar-refractivity contribution < 1.29 is 13.9 Å². The summed E-state index contributed by atoms with van der Waals surface area (Å²) >= 11 is 3.11. The number of thioether (sulfide) groups is 1. The van der Waals surface area contributed by atoms with Crippen LogP contribution in [0.4, 0.5) is 0 Å². The van der Waals surface area contributed by atoms with Gasteiger partial charge in [-0.05, 0) is 18.2 Å². The molecule has 0 N–H and O–H groups in total. The normalized spacial score (nSPS) is 12.4. The second-order valence-electron chi connectivity index (χ2n) is 5.74. The largest absolute Gasteiger partial charge is 0.454 e. The summed E-state index contributed by atoms with van der Waals surface area (Å²) in [6, 6.07) is 15.7. The highest BCUT2D eigenvalue weighted by Gasteiger charge is 2.17. The van der Waals surface area contributed by atoms with Gasteiger partial charge >= 0.3 is 0 Å². The Hall–Kier alpha value is -2.84. The zero-order valence-electron chi connectivity index (χ0n) is 14.0. The van der Waals surface area contributed by atoms with Crippen LogP contribution in [0, 0.1) is 0 Å². The summed E-state index contributed by atoms with van der Waals surface area (Å²) in [6.07, 6.45) is 0. The van der Waals surface area contributed by atoms with Gasteiger partial charge in [-0.3, -0.25) is 0 Å². The van der Waals surface area contributed by atoms with Crippen LogP contribution in [0.3, 0.4) is 0 Å². The van der Waals surface area contributed by atoms with E-state index in [-0.39, 0.29) is 6.79 Å². The first kappa shape index (κ1) is 16.3. The molecule has 0 saturated heterocycles. The summed E-state index contributed by atoms with van der Waals surface area (Å²) in [5.41, 5.74) is 2.92. The van der Waals surface area contributed by atoms with E-state index < -0.39 is 0 Å². The molecule has 2 aromatic carbocycles. The molecule has 0 radical (unpaired) electrons. The predicted octanol–water partition coefficient (Wildman–Crippen LogP) is 4.88. The molecular weight excluding hydrogens is 382 g/mol. The molecule has 0 spiro atoms. The van der Waals surface area contributed by atoms with Crippen molar-refractivity contribution in [2.45, 2.75) is 11.0 Å². The van der Waals surface area contributed by atoms with Crippen molar-refractivity contribution in [2.75, 3.05) is 6.79 Å². The highest BCUT2D eigenvalue weighted by Crippen LogP contribution is 2.36. The fraction of sp³-hybridized carbons (Fsp3) is 0.105. The fourth-order valence-electron chi connectivity index (χ4n) is 2.64. The Morgan fingerprint density at radius 3 is 2.78 bits per heavy atom. The third-order valence-corrected chi connectivity index (χ3v) is 5.73. The molecule has 0 amide bonds. The maximum absolute atomic E-state index is 5.76. The molecule has 27 heavy (non-hydrogen) atoms. The first-order valence-corrected chi connectivity index (χ1v) is 10.1. The van der Waals surface area contributed by atoms with Crippen LogP contribution in [0.2, 0.25) is 0 Å². The monoisotopic (exact) mass is 395 g/mol. The first-order chi connectivity index (χ1) is 13.3. The molecule has 1 aliphatic heterocycles. The summed E-state index contributed by atoms with van der Waals surface area (Å²) in [4.78, 5) is 4.68. The van der Waals surface area contributed by atoms with Crippen LogP contribution in [-0.4, -0.2) is 22.0 Å². The van der Waals surface area contributed by atoms with Gasteiger partial charge in [0, 0.05) is 22.3 Å². The van der Waals surface area contributed by atoms with E-state index in [0.29, 0.717) is 22.6 Å². The standard InChI is InChI=1S/C19H13N3O3S2/c1-2-4-12(5-3-1)18-20-14(9-26-18)10-27-19-22-21-17(25-19)13-6-7-15-16(8-13)24-11-23-15/h1-9H,10-11H2. The summed E-state index contributed by atoms with van der Waals surface area (Å²) in [5, 5.41) is 11.8. The zero-order valence-corrected chi connectivity index (χ0v) is 15.6. The van der Waals surface area contributed by atoms with Gasteiger partial charge in [-0.1, -0.05) is 42.1 Å². The molecule has 4 aromatic rings. The van der Waals surface area contributed by atoms with Gasteiger partial charge in [0.2, 0.25) is 12.7 Å². The number of fused-ring (bicyclic) bond motifs is 1. The average molecular weight is 395 g/mol. The van der Waals surface area contributed by atoms with E-state index in [1.807, 2.05) is 36.4 Å². The summed E-state index contributed by atoms with van der Waals surface area (Å²) in [5.74, 6) is 2.55. The third kappa shape index (κ3) is 3.41. The van der Waals surface area contributed by atoms with Crippen molar-refractivity contribution in [1.82, 2.24) is 15.2 Å². The molecule has 8 heteroatoms. The Balaban J connectivity index is 1.27. The summed E-state index contributed by atoms with van der Waals surface area (Å²) in [6.45, 7) is 0.238. The smallest absolute Gasteiger partial charge is 0.277 e. The minimum absolute atomic E-state index is 0.238. The number of hydrogen-bond acceptors (Lipinski definition) is 8. The lowest BCUT2D eigenvalue weighted by molar-refractivity contribution is 0.174. The van der Waals surface area contributed by atoms with E-state index in [1.165, 1.54) is 11.8 Å². The van der Waals surface area contributed by atoms with Crippen molar-refractivity contribution in [3.05, 3.63) is 59.6 Å². The Bertz CT molecular complexity index is 1080. The number of hydrogen-bond donors (Lipinski definition) is 0. The van der Waals surface area contributed by atoms with Gasteiger partial charge in [0.15, 0.2) is 11.5 Å². The Morgan fingerprint density at radius 1 is 0.963 bits per heavy atom. The van der Waals surface area contributed by atoms with Crippen LogP contribution in [0.25, 0.3) is 22.0 Å². The van der Waals surface area contributed by atoms with Crippen LogP contribution >= 0.6 is 23.1 Å². The molecule has 0 aliphatic carbocycles. The number of benzene rings is 2. The Kier molecular flexibility index (Phi) is 4.27. The van der Waals surface area contributed by atoms with Crippen LogP contribution in [-0.2, 0) is 5.75 Å². The zero-order chi connectivity index (χ0) is 18.1. The maximum Gasteiger partial charge on any atom is 0.277 e. The molecule has 0 atom stereocenters. The average Bonchev–Trinajstić information content (AvgIpc) is 3.46. The molecule has 0 unspecified atom stereocenters. The van der Waals surface area contributed by atoms with Gasteiger partial charge < -0.3 is 13.9 Å². The molecule has 0 bridgehead atoms. The lowest BCUT2D eigenvalue weighted by atomic mass is 10.2. The van der Waals surface area contributed by atoms with Crippen molar-refractivity contribution in [3.63, 3.8) is 0 Å². The SMILES string of the molecule is c1ccc(-c2nc(CSc3nnc(-c4ccc5c(c4)OCO5)o3)cs2)cc1.